The molecule has 0 N–H and O–H groups in total. The van der Waals surface area contributed by atoms with Crippen LogP contribution in [-0.4, -0.2) is 42.5 Å². The number of benzene rings is 3. The van der Waals surface area contributed by atoms with Crippen LogP contribution >= 0.6 is 11.3 Å². The van der Waals surface area contributed by atoms with E-state index in [-0.39, 0.29) is 11.1 Å². The number of rotatable bonds is 16. The van der Waals surface area contributed by atoms with Gasteiger partial charge in [-0.1, -0.05) is 99.6 Å². The molecule has 2 saturated carbocycles. The quantitative estimate of drug-likeness (QED) is 0.0665. The van der Waals surface area contributed by atoms with Gasteiger partial charge in [0.25, 0.3) is 8.32 Å². The molecular weight excluding hydrogens is 647 g/mol. The maximum absolute atomic E-state index is 7.71. The van der Waals surface area contributed by atoms with E-state index in [1.165, 1.54) is 28.1 Å². The van der Waals surface area contributed by atoms with Crippen LogP contribution in [0.5, 0.6) is 17.2 Å². The summed E-state index contributed by atoms with van der Waals surface area (Å²) < 4.78 is 24.1. The van der Waals surface area contributed by atoms with Gasteiger partial charge in [-0.15, -0.1) is 11.3 Å². The molecule has 0 aliphatic heterocycles. The molecule has 0 saturated heterocycles. The average Bonchev–Trinajstić information content (AvgIpc) is 3.95. The summed E-state index contributed by atoms with van der Waals surface area (Å²) in [7, 11) is 2.13. The number of oxime groups is 1. The number of ether oxygens (including phenoxy) is 3. The normalized spacial score (nSPS) is 22.5. The minimum atomic E-state index is -2.68. The van der Waals surface area contributed by atoms with Crippen molar-refractivity contribution < 1.29 is 23.5 Å². The van der Waals surface area contributed by atoms with Crippen LogP contribution in [0.4, 0.5) is 0 Å². The zero-order chi connectivity index (χ0) is 34.6. The molecule has 0 spiro atoms. The van der Waals surface area contributed by atoms with Gasteiger partial charge in [0.1, 0.15) is 6.61 Å². The second kappa shape index (κ2) is 14.7. The van der Waals surface area contributed by atoms with Crippen molar-refractivity contribution in [1.29, 1.82) is 0 Å². The van der Waals surface area contributed by atoms with Gasteiger partial charge in [-0.3, -0.25) is 0 Å². The fourth-order valence-corrected chi connectivity index (χ4v) is 13.4. The van der Waals surface area contributed by atoms with Crippen LogP contribution in [0.25, 0.3) is 0 Å². The first-order chi connectivity index (χ1) is 23.6. The van der Waals surface area contributed by atoms with Gasteiger partial charge in [0.05, 0.1) is 33.6 Å². The van der Waals surface area contributed by atoms with Crippen molar-refractivity contribution in [1.82, 2.24) is 0 Å². The molecule has 4 aromatic rings. The molecule has 1 heterocycles. The van der Waals surface area contributed by atoms with Crippen LogP contribution in [-0.2, 0) is 9.26 Å². The molecule has 49 heavy (non-hydrogen) atoms. The topological polar surface area (TPSA) is 58.5 Å². The fraction of sp³-hybridized carbons (Fsp3) is 0.439. The zero-order valence-electron chi connectivity index (χ0n) is 30.0. The standard InChI is InChI=1S/C41H51NO5SSi/c1-40(2,3)49(31-15-10-8-11-16-31,32-17-12-9-13-18-32)47-35(38-19-14-22-48-38)20-21-41(4)26-34(41)33-25-30(33)28-46-42-27-29-23-36(43-5)39(45-7)37(24-29)44-6/h8-19,22-24,27,30,33-35H,20-21,25-26,28H2,1-7H3/b42-27-/t30-,33+,34-,35?,41+/m1/s1. The molecule has 1 aromatic heterocycles. The van der Waals surface area contributed by atoms with Gasteiger partial charge in [-0.2, -0.15) is 0 Å². The smallest absolute Gasteiger partial charge is 0.261 e. The summed E-state index contributed by atoms with van der Waals surface area (Å²) in [6.07, 6.45) is 6.42. The Morgan fingerprint density at radius 1 is 0.898 bits per heavy atom. The van der Waals surface area contributed by atoms with E-state index in [1.54, 1.807) is 27.5 Å². The Hall–Kier alpha value is -3.59. The maximum Gasteiger partial charge on any atom is 0.261 e. The van der Waals surface area contributed by atoms with Crippen LogP contribution in [0.15, 0.2) is 95.5 Å². The van der Waals surface area contributed by atoms with Crippen molar-refractivity contribution in [2.45, 2.75) is 64.5 Å². The average molecular weight is 698 g/mol. The molecule has 2 aliphatic carbocycles. The highest BCUT2D eigenvalue weighted by Crippen LogP contribution is 2.67. The Labute approximate surface area is 297 Å². The maximum atomic E-state index is 7.71. The third-order valence-electron chi connectivity index (χ3n) is 10.7. The summed E-state index contributed by atoms with van der Waals surface area (Å²) in [5, 5.41) is 9.08. The second-order valence-corrected chi connectivity index (χ2v) is 20.2. The lowest BCUT2D eigenvalue weighted by Gasteiger charge is -2.45. The van der Waals surface area contributed by atoms with E-state index in [9.17, 15) is 0 Å². The Balaban J connectivity index is 1.11. The Kier molecular flexibility index (Phi) is 10.6. The Morgan fingerprint density at radius 3 is 2.06 bits per heavy atom. The van der Waals surface area contributed by atoms with E-state index in [0.717, 1.165) is 24.3 Å². The number of nitrogens with zero attached hydrogens (tertiary/aromatic N) is 1. The van der Waals surface area contributed by atoms with E-state index in [0.29, 0.717) is 41.1 Å². The molecule has 0 bridgehead atoms. The summed E-state index contributed by atoms with van der Waals surface area (Å²) >= 11 is 1.83. The van der Waals surface area contributed by atoms with Crippen LogP contribution in [0.3, 0.4) is 0 Å². The van der Waals surface area contributed by atoms with Crippen molar-refractivity contribution in [3.8, 4) is 17.2 Å². The molecule has 1 unspecified atom stereocenters. The van der Waals surface area contributed by atoms with Crippen molar-refractivity contribution >= 4 is 36.2 Å². The number of hydrogen-bond donors (Lipinski definition) is 0. The monoisotopic (exact) mass is 697 g/mol. The van der Waals surface area contributed by atoms with Gasteiger partial charge in [0.2, 0.25) is 5.75 Å². The molecule has 0 radical (unpaired) electrons. The van der Waals surface area contributed by atoms with Gasteiger partial charge in [-0.05, 0) is 87.8 Å². The minimum absolute atomic E-state index is 0.0484. The van der Waals surface area contributed by atoms with E-state index < -0.39 is 8.32 Å². The largest absolute Gasteiger partial charge is 0.493 e. The first-order valence-corrected chi connectivity index (χ1v) is 20.2. The van der Waals surface area contributed by atoms with Gasteiger partial charge >= 0.3 is 0 Å². The summed E-state index contributed by atoms with van der Waals surface area (Å²) in [6, 6.07) is 30.2. The molecule has 3 aromatic carbocycles. The highest BCUT2D eigenvalue weighted by molar-refractivity contribution is 7.10. The first kappa shape index (κ1) is 35.2. The molecule has 5 atom stereocenters. The third kappa shape index (κ3) is 7.47. The van der Waals surface area contributed by atoms with Crippen LogP contribution in [0.2, 0.25) is 5.04 Å². The van der Waals surface area contributed by atoms with Crippen molar-refractivity contribution in [3.63, 3.8) is 0 Å². The number of methoxy groups -OCH3 is 3. The van der Waals surface area contributed by atoms with E-state index in [1.807, 2.05) is 23.5 Å². The molecule has 6 rings (SSSR count). The minimum Gasteiger partial charge on any atom is -0.493 e. The highest BCUT2D eigenvalue weighted by Gasteiger charge is 2.60. The molecule has 260 valence electrons. The summed E-state index contributed by atoms with van der Waals surface area (Å²) in [6.45, 7) is 10.2. The fourth-order valence-electron chi connectivity index (χ4n) is 7.87. The van der Waals surface area contributed by atoms with Crippen molar-refractivity contribution in [3.05, 3.63) is 101 Å². The summed E-state index contributed by atoms with van der Waals surface area (Å²) in [5.74, 6) is 3.75. The van der Waals surface area contributed by atoms with Crippen LogP contribution in [0, 0.1) is 23.2 Å². The third-order valence-corrected chi connectivity index (χ3v) is 16.7. The molecule has 6 nitrogen and oxygen atoms in total. The lowest BCUT2D eigenvalue weighted by molar-refractivity contribution is 0.129. The van der Waals surface area contributed by atoms with E-state index in [4.69, 9.17) is 23.5 Å². The number of hydrogen-bond acceptors (Lipinski definition) is 7. The van der Waals surface area contributed by atoms with Gasteiger partial charge in [0.15, 0.2) is 11.5 Å². The van der Waals surface area contributed by atoms with Crippen LogP contribution < -0.4 is 24.6 Å². The van der Waals surface area contributed by atoms with E-state index in [2.05, 4.69) is 111 Å². The second-order valence-electron chi connectivity index (χ2n) is 14.9. The predicted molar refractivity (Wildman–Crippen MR) is 202 cm³/mol. The molecule has 2 aliphatic rings. The molecule has 2 fully saturated rings. The summed E-state index contributed by atoms with van der Waals surface area (Å²) in [4.78, 5) is 7.13. The van der Waals surface area contributed by atoms with Gasteiger partial charge in [0, 0.05) is 10.4 Å². The molecule has 8 heteroatoms. The summed E-state index contributed by atoms with van der Waals surface area (Å²) in [5.41, 5.74) is 1.17. The first-order valence-electron chi connectivity index (χ1n) is 17.4. The van der Waals surface area contributed by atoms with Crippen molar-refractivity contribution in [2.24, 2.45) is 28.3 Å². The Morgan fingerprint density at radius 2 is 1.53 bits per heavy atom. The predicted octanol–water partition coefficient (Wildman–Crippen LogP) is 8.88. The lowest BCUT2D eigenvalue weighted by atomic mass is 9.95. The zero-order valence-corrected chi connectivity index (χ0v) is 31.8. The lowest BCUT2D eigenvalue weighted by Crippen LogP contribution is -2.66. The molecular formula is C41H51NO5SSi. The van der Waals surface area contributed by atoms with Crippen LogP contribution in [0.1, 0.15) is 69.9 Å². The van der Waals surface area contributed by atoms with E-state index >= 15 is 0 Å². The SMILES string of the molecule is COc1cc(/C=N\OC[C@H]2C[C@@H]2[C@H]2C[C@]2(C)CCC(O[Si](c2ccccc2)(c2ccccc2)C(C)(C)C)c2cccs2)cc(OC)c1OC. The molecule has 0 amide bonds. The number of thiophene rings is 1. The Bertz CT molecular complexity index is 1630. The van der Waals surface area contributed by atoms with Crippen molar-refractivity contribution in [2.75, 3.05) is 27.9 Å². The van der Waals surface area contributed by atoms with Gasteiger partial charge in [-0.25, -0.2) is 0 Å². The van der Waals surface area contributed by atoms with Gasteiger partial charge < -0.3 is 23.5 Å². The highest BCUT2D eigenvalue weighted by atomic mass is 32.1.